The number of ether oxygens (including phenoxy) is 1. The van der Waals surface area contributed by atoms with Gasteiger partial charge in [0.15, 0.2) is 0 Å². The van der Waals surface area contributed by atoms with Crippen LogP contribution in [0.1, 0.15) is 61.0 Å². The lowest BCUT2D eigenvalue weighted by atomic mass is 9.89. The molecule has 1 saturated heterocycles. The summed E-state index contributed by atoms with van der Waals surface area (Å²) in [5.74, 6) is 0.278. The fourth-order valence-corrected chi connectivity index (χ4v) is 4.02. The van der Waals surface area contributed by atoms with Crippen LogP contribution in [0.15, 0.2) is 42.5 Å². The van der Waals surface area contributed by atoms with Gasteiger partial charge in [-0.1, -0.05) is 18.2 Å². The normalized spacial score (nSPS) is 15.0. The monoisotopic (exact) mass is 520 g/mol. The van der Waals surface area contributed by atoms with Crippen molar-refractivity contribution in [1.29, 1.82) is 0 Å². The molecule has 0 unspecified atom stereocenters. The Morgan fingerprint density at radius 1 is 1.07 bits per heavy atom. The second-order valence-corrected chi connectivity index (χ2v) is 9.94. The van der Waals surface area contributed by atoms with E-state index in [1.165, 1.54) is 11.1 Å². The molecule has 1 N–H and O–H groups in total. The van der Waals surface area contributed by atoms with E-state index in [9.17, 15) is 9.59 Å². The number of hydrogen-bond donors (Lipinski definition) is 1. The van der Waals surface area contributed by atoms with E-state index in [2.05, 4.69) is 27.9 Å². The molecule has 30 heavy (non-hydrogen) atoms. The summed E-state index contributed by atoms with van der Waals surface area (Å²) in [6, 6.07) is 13.7. The number of nitrogens with one attached hydrogen (secondary N) is 1. The lowest BCUT2D eigenvalue weighted by Gasteiger charge is -2.33. The molecule has 1 aliphatic rings. The van der Waals surface area contributed by atoms with Gasteiger partial charge in [0.1, 0.15) is 5.60 Å². The lowest BCUT2D eigenvalue weighted by Crippen LogP contribution is -2.41. The predicted octanol–water partition coefficient (Wildman–Crippen LogP) is 5.97. The average Bonchev–Trinajstić information content (AvgIpc) is 2.70. The Labute approximate surface area is 192 Å². The molecule has 0 atom stereocenters. The first kappa shape index (κ1) is 22.6. The molecule has 0 aromatic heterocycles. The van der Waals surface area contributed by atoms with E-state index in [0.29, 0.717) is 24.6 Å². The van der Waals surface area contributed by atoms with Gasteiger partial charge in [0.2, 0.25) is 0 Å². The lowest BCUT2D eigenvalue weighted by molar-refractivity contribution is 0.0204. The molecular formula is C24H29IN2O3. The van der Waals surface area contributed by atoms with Gasteiger partial charge >= 0.3 is 6.09 Å². The van der Waals surface area contributed by atoms with Gasteiger partial charge in [0.05, 0.1) is 0 Å². The summed E-state index contributed by atoms with van der Waals surface area (Å²) in [6.07, 6.45) is 1.55. The third-order valence-electron chi connectivity index (χ3n) is 5.22. The summed E-state index contributed by atoms with van der Waals surface area (Å²) < 4.78 is 6.59. The van der Waals surface area contributed by atoms with Crippen LogP contribution in [0.2, 0.25) is 0 Å². The maximum Gasteiger partial charge on any atom is 0.410 e. The number of hydrogen-bond acceptors (Lipinski definition) is 3. The molecule has 0 bridgehead atoms. The Morgan fingerprint density at radius 2 is 1.70 bits per heavy atom. The molecule has 1 heterocycles. The minimum absolute atomic E-state index is 0.110. The number of halogens is 1. The molecule has 1 aliphatic heterocycles. The average molecular weight is 520 g/mol. The molecule has 0 spiro atoms. The zero-order valence-corrected chi connectivity index (χ0v) is 20.2. The number of likely N-dealkylation sites (tertiary alicyclic amines) is 1. The smallest absolute Gasteiger partial charge is 0.410 e. The quantitative estimate of drug-likeness (QED) is 0.508. The minimum Gasteiger partial charge on any atom is -0.444 e. The highest BCUT2D eigenvalue weighted by atomic mass is 127. The van der Waals surface area contributed by atoms with Gasteiger partial charge in [0, 0.05) is 27.9 Å². The number of aryl methyl sites for hydroxylation is 1. The largest absolute Gasteiger partial charge is 0.444 e. The van der Waals surface area contributed by atoms with Crippen molar-refractivity contribution in [2.45, 2.75) is 52.1 Å². The van der Waals surface area contributed by atoms with Gasteiger partial charge in [-0.3, -0.25) is 4.79 Å². The maximum atomic E-state index is 12.6. The van der Waals surface area contributed by atoms with E-state index in [1.807, 2.05) is 70.2 Å². The van der Waals surface area contributed by atoms with Crippen LogP contribution in [-0.2, 0) is 4.74 Å². The van der Waals surface area contributed by atoms with Crippen LogP contribution < -0.4 is 5.32 Å². The van der Waals surface area contributed by atoms with Gasteiger partial charge < -0.3 is 15.0 Å². The molecule has 5 nitrogen and oxygen atoms in total. The second-order valence-electron chi connectivity index (χ2n) is 8.78. The maximum absolute atomic E-state index is 12.6. The van der Waals surface area contributed by atoms with Crippen LogP contribution >= 0.6 is 22.6 Å². The second kappa shape index (κ2) is 9.37. The topological polar surface area (TPSA) is 58.6 Å². The van der Waals surface area contributed by atoms with Gasteiger partial charge in [-0.25, -0.2) is 4.79 Å². The molecule has 0 radical (unpaired) electrons. The summed E-state index contributed by atoms with van der Waals surface area (Å²) >= 11 is 2.27. The number of anilines is 1. The van der Waals surface area contributed by atoms with Gasteiger partial charge in [-0.05, 0) is 104 Å². The number of carbonyl (C=O) groups excluding carboxylic acids is 2. The van der Waals surface area contributed by atoms with Crippen molar-refractivity contribution in [1.82, 2.24) is 4.90 Å². The Kier molecular flexibility index (Phi) is 7.06. The van der Waals surface area contributed by atoms with Crippen molar-refractivity contribution < 1.29 is 14.3 Å². The molecule has 160 valence electrons. The molecule has 2 aromatic carbocycles. The number of rotatable bonds is 3. The third kappa shape index (κ3) is 5.97. The van der Waals surface area contributed by atoms with Crippen molar-refractivity contribution >= 4 is 40.3 Å². The number of benzene rings is 2. The Balaban J connectivity index is 1.56. The van der Waals surface area contributed by atoms with Crippen LogP contribution in [0, 0.1) is 10.5 Å². The fraction of sp³-hybridized carbons (Fsp3) is 0.417. The number of amides is 2. The summed E-state index contributed by atoms with van der Waals surface area (Å²) in [6.45, 7) is 9.07. The first-order valence-electron chi connectivity index (χ1n) is 10.3. The first-order chi connectivity index (χ1) is 14.1. The molecule has 3 rings (SSSR count). The predicted molar refractivity (Wildman–Crippen MR) is 128 cm³/mol. The van der Waals surface area contributed by atoms with Crippen LogP contribution in [-0.4, -0.2) is 35.6 Å². The highest BCUT2D eigenvalue weighted by Gasteiger charge is 2.27. The number of nitrogens with zero attached hydrogens (tertiary/aromatic N) is 1. The van der Waals surface area contributed by atoms with E-state index in [1.54, 1.807) is 4.90 Å². The minimum atomic E-state index is -0.471. The Bertz CT molecular complexity index is 911. The number of carbonyl (C=O) groups is 2. The highest BCUT2D eigenvalue weighted by Crippen LogP contribution is 2.29. The van der Waals surface area contributed by atoms with Crippen molar-refractivity contribution in [3.8, 4) is 0 Å². The highest BCUT2D eigenvalue weighted by molar-refractivity contribution is 14.1. The van der Waals surface area contributed by atoms with E-state index in [0.717, 1.165) is 22.1 Å². The Morgan fingerprint density at radius 3 is 2.27 bits per heavy atom. The van der Waals surface area contributed by atoms with Gasteiger partial charge in [-0.15, -0.1) is 0 Å². The molecule has 2 aromatic rings. The van der Waals surface area contributed by atoms with E-state index in [4.69, 9.17) is 4.74 Å². The van der Waals surface area contributed by atoms with Crippen LogP contribution in [0.25, 0.3) is 0 Å². The first-order valence-corrected chi connectivity index (χ1v) is 11.4. The zero-order valence-electron chi connectivity index (χ0n) is 18.0. The summed E-state index contributed by atoms with van der Waals surface area (Å²) in [7, 11) is 0. The van der Waals surface area contributed by atoms with Crippen molar-refractivity contribution in [2.75, 3.05) is 18.4 Å². The molecule has 2 amide bonds. The van der Waals surface area contributed by atoms with E-state index in [-0.39, 0.29) is 12.0 Å². The van der Waals surface area contributed by atoms with Crippen molar-refractivity contribution in [2.24, 2.45) is 0 Å². The van der Waals surface area contributed by atoms with E-state index < -0.39 is 5.60 Å². The summed E-state index contributed by atoms with van der Waals surface area (Å²) in [4.78, 5) is 26.6. The summed E-state index contributed by atoms with van der Waals surface area (Å²) in [5, 5.41) is 2.96. The van der Waals surface area contributed by atoms with Crippen LogP contribution in [0.5, 0.6) is 0 Å². The molecule has 1 fully saturated rings. The third-order valence-corrected chi connectivity index (χ3v) is 6.38. The van der Waals surface area contributed by atoms with Crippen molar-refractivity contribution in [3.05, 3.63) is 62.7 Å². The molecule has 6 heteroatoms. The van der Waals surface area contributed by atoms with E-state index >= 15 is 0 Å². The van der Waals surface area contributed by atoms with Gasteiger partial charge in [0.25, 0.3) is 5.91 Å². The number of piperidine rings is 1. The SMILES string of the molecule is Cc1ccc(NC(=O)c2ccc(C3CCN(C(=O)OC(C)(C)C)CC3)cc2)cc1I. The fourth-order valence-electron chi connectivity index (χ4n) is 3.50. The van der Waals surface area contributed by atoms with Crippen LogP contribution in [0.4, 0.5) is 10.5 Å². The molecule has 0 saturated carbocycles. The molecular weight excluding hydrogens is 491 g/mol. The van der Waals surface area contributed by atoms with Crippen LogP contribution in [0.3, 0.4) is 0 Å². The zero-order chi connectivity index (χ0) is 21.9. The Hall–Kier alpha value is -2.09. The standard InChI is InChI=1S/C24H29IN2O3/c1-16-5-10-20(15-21(16)25)26-22(28)19-8-6-17(7-9-19)18-11-13-27(14-12-18)23(29)30-24(2,3)4/h5-10,15,18H,11-14H2,1-4H3,(H,26,28). The summed E-state index contributed by atoms with van der Waals surface area (Å²) in [5.41, 5.74) is 3.37. The van der Waals surface area contributed by atoms with Gasteiger partial charge in [-0.2, -0.15) is 0 Å². The molecule has 0 aliphatic carbocycles. The van der Waals surface area contributed by atoms with Crippen molar-refractivity contribution in [3.63, 3.8) is 0 Å².